The zero-order valence-electron chi connectivity index (χ0n) is 20.7. The second-order valence-electron chi connectivity index (χ2n) is 8.22. The molecular weight excluding hydrogens is 579 g/mol. The van der Waals surface area contributed by atoms with E-state index in [9.17, 15) is 19.5 Å². The molecule has 39 heavy (non-hydrogen) atoms. The first-order valence-electron chi connectivity index (χ1n) is 11.5. The number of benzene rings is 2. The van der Waals surface area contributed by atoms with Crippen molar-refractivity contribution in [1.82, 2.24) is 16.1 Å². The number of carbonyl (C=O) groups is 3. The van der Waals surface area contributed by atoms with Gasteiger partial charge in [0.1, 0.15) is 5.75 Å². The maximum Gasteiger partial charge on any atom is 0.281 e. The molecule has 0 bridgehead atoms. The van der Waals surface area contributed by atoms with Crippen molar-refractivity contribution in [2.24, 2.45) is 5.10 Å². The Bertz CT molecular complexity index is 1580. The van der Waals surface area contributed by atoms with Gasteiger partial charge in [0.05, 0.1) is 36.0 Å². The third-order valence-corrected chi connectivity index (χ3v) is 8.45. The lowest BCUT2D eigenvalue weighted by molar-refractivity contribution is 0.0948. The Morgan fingerprint density at radius 1 is 0.923 bits per heavy atom. The molecule has 0 spiro atoms. The Hall–Kier alpha value is -3.70. The summed E-state index contributed by atoms with van der Waals surface area (Å²) < 4.78 is 0. The number of nitrogens with one attached hydrogen (secondary N) is 3. The Morgan fingerprint density at radius 3 is 2.28 bits per heavy atom. The van der Waals surface area contributed by atoms with Gasteiger partial charge in [0, 0.05) is 24.5 Å². The molecule has 0 atom stereocenters. The monoisotopic (exact) mass is 600 g/mol. The van der Waals surface area contributed by atoms with Crippen LogP contribution in [0.5, 0.6) is 5.75 Å². The number of nitrogens with zero attached hydrogens (tertiary/aromatic N) is 1. The molecule has 0 fully saturated rings. The van der Waals surface area contributed by atoms with Crippen LogP contribution in [0.3, 0.4) is 0 Å². The van der Waals surface area contributed by atoms with Crippen LogP contribution >= 0.6 is 45.9 Å². The van der Waals surface area contributed by atoms with Crippen molar-refractivity contribution in [1.29, 1.82) is 0 Å². The van der Waals surface area contributed by atoms with Crippen LogP contribution in [0.25, 0.3) is 10.4 Å². The van der Waals surface area contributed by atoms with Gasteiger partial charge in [-0.1, -0.05) is 41.4 Å². The van der Waals surface area contributed by atoms with E-state index in [0.29, 0.717) is 47.1 Å². The van der Waals surface area contributed by atoms with Gasteiger partial charge in [0.25, 0.3) is 17.7 Å². The molecule has 200 valence electrons. The summed E-state index contributed by atoms with van der Waals surface area (Å²) in [5.74, 6) is -0.975. The van der Waals surface area contributed by atoms with Crippen LogP contribution in [0.2, 0.25) is 10.0 Å². The molecule has 2 heterocycles. The molecule has 0 saturated carbocycles. The molecule has 2 aromatic heterocycles. The summed E-state index contributed by atoms with van der Waals surface area (Å²) in [5, 5.41) is 22.7. The summed E-state index contributed by atoms with van der Waals surface area (Å²) >= 11 is 14.4. The molecular formula is C27H22Cl2N4O4S2. The summed E-state index contributed by atoms with van der Waals surface area (Å²) in [4.78, 5) is 38.1. The van der Waals surface area contributed by atoms with Gasteiger partial charge in [-0.05, 0) is 54.4 Å². The highest BCUT2D eigenvalue weighted by atomic mass is 35.5. The van der Waals surface area contributed by atoms with E-state index in [2.05, 4.69) is 21.2 Å². The van der Waals surface area contributed by atoms with Crippen LogP contribution < -0.4 is 16.1 Å². The molecule has 4 rings (SSSR count). The van der Waals surface area contributed by atoms with E-state index in [1.54, 1.807) is 73.9 Å². The minimum absolute atomic E-state index is 0.0206. The van der Waals surface area contributed by atoms with Crippen molar-refractivity contribution in [3.63, 3.8) is 0 Å². The molecule has 3 amide bonds. The van der Waals surface area contributed by atoms with Gasteiger partial charge < -0.3 is 15.7 Å². The molecule has 4 N–H and O–H groups in total. The fourth-order valence-electron chi connectivity index (χ4n) is 3.47. The van der Waals surface area contributed by atoms with Crippen LogP contribution in [0.4, 0.5) is 0 Å². The molecule has 0 aliphatic heterocycles. The third-order valence-electron chi connectivity index (χ3n) is 5.61. The first-order chi connectivity index (χ1) is 18.7. The van der Waals surface area contributed by atoms with Crippen molar-refractivity contribution in [3.05, 3.63) is 96.5 Å². The van der Waals surface area contributed by atoms with Gasteiger partial charge in [-0.2, -0.15) is 5.10 Å². The van der Waals surface area contributed by atoms with Crippen LogP contribution in [0, 0.1) is 0 Å². The summed E-state index contributed by atoms with van der Waals surface area (Å²) in [6.45, 7) is 1.93. The number of aromatic hydroxyl groups is 1. The predicted molar refractivity (Wildman–Crippen MR) is 156 cm³/mol. The number of thiophene rings is 2. The second-order valence-corrected chi connectivity index (χ2v) is 11.0. The molecule has 0 saturated heterocycles. The quantitative estimate of drug-likeness (QED) is 0.148. The van der Waals surface area contributed by atoms with Crippen molar-refractivity contribution < 1.29 is 19.5 Å². The Kier molecular flexibility index (Phi) is 9.03. The standard InChI is InChI=1S/C27H22Cl2N4O4S2/c1-14(18-13-38-24(23(18)34)17-7-8-19(28)20(29)11-17)32-33-27(37)22-10-9-21(39-22)26(36)31-12-15-3-5-16(6-4-15)25(35)30-2/h3-11,13,34H,12H2,1-2H3,(H,30,35)(H,31,36)(H,33,37)/b32-14+. The summed E-state index contributed by atoms with van der Waals surface area (Å²) in [6.07, 6.45) is 0. The predicted octanol–water partition coefficient (Wildman–Crippen LogP) is 5.93. The molecule has 0 unspecified atom stereocenters. The molecule has 8 nitrogen and oxygen atoms in total. The Balaban J connectivity index is 1.36. The van der Waals surface area contributed by atoms with Crippen LogP contribution in [-0.4, -0.2) is 35.6 Å². The van der Waals surface area contributed by atoms with E-state index in [0.717, 1.165) is 16.9 Å². The van der Waals surface area contributed by atoms with Gasteiger partial charge in [-0.15, -0.1) is 22.7 Å². The summed E-state index contributed by atoms with van der Waals surface area (Å²) in [5.41, 5.74) is 5.41. The van der Waals surface area contributed by atoms with Gasteiger partial charge in [-0.25, -0.2) is 5.43 Å². The number of rotatable bonds is 8. The lowest BCUT2D eigenvalue weighted by atomic mass is 10.1. The smallest absolute Gasteiger partial charge is 0.281 e. The zero-order valence-corrected chi connectivity index (χ0v) is 23.8. The fraction of sp³-hybridized carbons (Fsp3) is 0.111. The van der Waals surface area contributed by atoms with Gasteiger partial charge in [0.2, 0.25) is 0 Å². The normalized spacial score (nSPS) is 11.2. The highest BCUT2D eigenvalue weighted by Crippen LogP contribution is 2.40. The van der Waals surface area contributed by atoms with Crippen molar-refractivity contribution in [2.75, 3.05) is 7.05 Å². The van der Waals surface area contributed by atoms with E-state index in [-0.39, 0.29) is 24.1 Å². The topological polar surface area (TPSA) is 120 Å². The third kappa shape index (κ3) is 6.66. The van der Waals surface area contributed by atoms with Crippen molar-refractivity contribution in [2.45, 2.75) is 13.5 Å². The van der Waals surface area contributed by atoms with E-state index < -0.39 is 5.91 Å². The maximum absolute atomic E-state index is 12.6. The molecule has 12 heteroatoms. The van der Waals surface area contributed by atoms with Gasteiger partial charge in [-0.3, -0.25) is 14.4 Å². The molecule has 0 aliphatic rings. The summed E-state index contributed by atoms with van der Waals surface area (Å²) in [6, 6.07) is 15.1. The number of amides is 3. The second kappa shape index (κ2) is 12.4. The SMILES string of the molecule is CNC(=O)c1ccc(CNC(=O)c2ccc(C(=O)N/N=C(\C)c3csc(-c4ccc(Cl)c(Cl)c4)c3O)s2)cc1. The van der Waals surface area contributed by atoms with Crippen molar-refractivity contribution in [3.8, 4) is 16.2 Å². The lowest BCUT2D eigenvalue weighted by Gasteiger charge is -2.05. The number of hydrogen-bond donors (Lipinski definition) is 4. The largest absolute Gasteiger partial charge is 0.506 e. The first kappa shape index (κ1) is 28.3. The molecule has 0 radical (unpaired) electrons. The fourth-order valence-corrected chi connectivity index (χ4v) is 5.58. The highest BCUT2D eigenvalue weighted by Gasteiger charge is 2.17. The Labute approximate surface area is 242 Å². The number of hydrogen-bond acceptors (Lipinski definition) is 7. The number of carbonyl (C=O) groups excluding carboxylic acids is 3. The lowest BCUT2D eigenvalue weighted by Crippen LogP contribution is -2.22. The Morgan fingerprint density at radius 2 is 1.62 bits per heavy atom. The molecule has 4 aromatic rings. The summed E-state index contributed by atoms with van der Waals surface area (Å²) in [7, 11) is 1.56. The van der Waals surface area contributed by atoms with E-state index in [1.807, 2.05) is 0 Å². The average Bonchev–Trinajstić information content (AvgIpc) is 3.59. The van der Waals surface area contributed by atoms with E-state index >= 15 is 0 Å². The van der Waals surface area contributed by atoms with Crippen LogP contribution in [0.15, 0.2) is 65.1 Å². The minimum atomic E-state index is -0.484. The first-order valence-corrected chi connectivity index (χ1v) is 13.9. The highest BCUT2D eigenvalue weighted by molar-refractivity contribution is 7.16. The van der Waals surface area contributed by atoms with Crippen molar-refractivity contribution >= 4 is 69.3 Å². The van der Waals surface area contributed by atoms with Crippen LogP contribution in [-0.2, 0) is 6.54 Å². The average molecular weight is 602 g/mol. The molecule has 0 aliphatic carbocycles. The van der Waals surface area contributed by atoms with Crippen LogP contribution in [0.1, 0.15) is 47.8 Å². The minimum Gasteiger partial charge on any atom is -0.506 e. The van der Waals surface area contributed by atoms with Gasteiger partial charge >= 0.3 is 0 Å². The van der Waals surface area contributed by atoms with E-state index in [1.165, 1.54) is 11.3 Å². The number of hydrazone groups is 1. The van der Waals surface area contributed by atoms with Gasteiger partial charge in [0.15, 0.2) is 0 Å². The maximum atomic E-state index is 12.6. The number of halogens is 2. The zero-order chi connectivity index (χ0) is 28.1. The molecule has 2 aromatic carbocycles. The van der Waals surface area contributed by atoms with E-state index in [4.69, 9.17) is 23.2 Å².